The van der Waals surface area contributed by atoms with Crippen molar-refractivity contribution >= 4 is 40.3 Å². The third-order valence-electron chi connectivity index (χ3n) is 2.34. The first-order valence-corrected chi connectivity index (χ1v) is 6.60. The highest BCUT2D eigenvalue weighted by molar-refractivity contribution is 8.26. The van der Waals surface area contributed by atoms with Crippen molar-refractivity contribution in [2.45, 2.75) is 6.61 Å². The van der Waals surface area contributed by atoms with Crippen LogP contribution >= 0.6 is 24.0 Å². The Morgan fingerprint density at radius 1 is 1.40 bits per heavy atom. The summed E-state index contributed by atoms with van der Waals surface area (Å²) in [7, 11) is 1.34. The Morgan fingerprint density at radius 2 is 2.15 bits per heavy atom. The van der Waals surface area contributed by atoms with Crippen molar-refractivity contribution in [1.82, 2.24) is 5.32 Å². The minimum atomic E-state index is -2.93. The molecule has 0 radical (unpaired) electrons. The van der Waals surface area contributed by atoms with Crippen LogP contribution in [0.2, 0.25) is 0 Å². The number of nitrogens with one attached hydrogen (secondary N) is 1. The molecule has 2 rings (SSSR count). The second kappa shape index (κ2) is 6.19. The average Bonchev–Trinajstić information content (AvgIpc) is 2.69. The molecule has 0 atom stereocenters. The number of ether oxygens (including phenoxy) is 2. The number of thioether (sulfide) groups is 1. The van der Waals surface area contributed by atoms with Gasteiger partial charge < -0.3 is 14.8 Å². The zero-order valence-corrected chi connectivity index (χ0v) is 11.8. The van der Waals surface area contributed by atoms with Crippen molar-refractivity contribution in [2.24, 2.45) is 0 Å². The van der Waals surface area contributed by atoms with Crippen LogP contribution in [-0.2, 0) is 4.79 Å². The van der Waals surface area contributed by atoms with Crippen LogP contribution < -0.4 is 14.8 Å². The standard InChI is InChI=1S/C12H9F2NO3S2/c1-17-8-4-6(2-3-7(8)18-11(13)14)5-9-10(16)15-12(19)20-9/h2-5,11H,1H3,(H,15,16,19)/b9-5+. The topological polar surface area (TPSA) is 47.6 Å². The minimum Gasteiger partial charge on any atom is -0.493 e. The van der Waals surface area contributed by atoms with E-state index in [0.29, 0.717) is 14.8 Å². The van der Waals surface area contributed by atoms with Gasteiger partial charge in [-0.2, -0.15) is 8.78 Å². The normalized spacial score (nSPS) is 16.7. The van der Waals surface area contributed by atoms with Gasteiger partial charge in [-0.1, -0.05) is 30.0 Å². The Balaban J connectivity index is 2.28. The predicted octanol–water partition coefficient (Wildman–Crippen LogP) is 2.79. The van der Waals surface area contributed by atoms with Gasteiger partial charge in [0, 0.05) is 0 Å². The van der Waals surface area contributed by atoms with Gasteiger partial charge in [0.1, 0.15) is 4.32 Å². The van der Waals surface area contributed by atoms with Crippen molar-refractivity contribution < 1.29 is 23.0 Å². The first-order chi connectivity index (χ1) is 9.49. The Bertz CT molecular complexity index is 590. The average molecular weight is 317 g/mol. The summed E-state index contributed by atoms with van der Waals surface area (Å²) in [5.41, 5.74) is 0.616. The van der Waals surface area contributed by atoms with Crippen LogP contribution in [0.1, 0.15) is 5.56 Å². The monoisotopic (exact) mass is 317 g/mol. The van der Waals surface area contributed by atoms with Gasteiger partial charge in [0.2, 0.25) is 0 Å². The Hall–Kier alpha value is -1.67. The number of rotatable bonds is 4. The van der Waals surface area contributed by atoms with Crippen molar-refractivity contribution in [1.29, 1.82) is 0 Å². The molecule has 1 aromatic carbocycles. The van der Waals surface area contributed by atoms with Crippen LogP contribution in [0.25, 0.3) is 6.08 Å². The fraction of sp³-hybridized carbons (Fsp3) is 0.167. The molecule has 1 aliphatic rings. The summed E-state index contributed by atoms with van der Waals surface area (Å²) >= 11 is 6.01. The first kappa shape index (κ1) is 14.7. The summed E-state index contributed by atoms with van der Waals surface area (Å²) in [6.07, 6.45) is 1.59. The van der Waals surface area contributed by atoms with Gasteiger partial charge in [0.25, 0.3) is 5.91 Å². The second-order valence-electron chi connectivity index (χ2n) is 3.64. The van der Waals surface area contributed by atoms with Crippen molar-refractivity contribution in [2.75, 3.05) is 7.11 Å². The van der Waals surface area contributed by atoms with E-state index in [1.165, 1.54) is 19.2 Å². The number of alkyl halides is 2. The molecule has 0 saturated carbocycles. The Morgan fingerprint density at radius 3 is 2.70 bits per heavy atom. The molecule has 106 valence electrons. The van der Waals surface area contributed by atoms with E-state index in [0.717, 1.165) is 11.8 Å². The van der Waals surface area contributed by atoms with E-state index in [1.807, 2.05) is 0 Å². The van der Waals surface area contributed by atoms with Gasteiger partial charge in [-0.15, -0.1) is 0 Å². The maximum absolute atomic E-state index is 12.2. The number of halogens is 2. The number of hydrogen-bond acceptors (Lipinski definition) is 5. The zero-order valence-electron chi connectivity index (χ0n) is 10.2. The van der Waals surface area contributed by atoms with Crippen LogP contribution in [0.15, 0.2) is 23.1 Å². The number of methoxy groups -OCH3 is 1. The van der Waals surface area contributed by atoms with Gasteiger partial charge in [0.15, 0.2) is 11.5 Å². The molecule has 4 nitrogen and oxygen atoms in total. The maximum Gasteiger partial charge on any atom is 0.387 e. The van der Waals surface area contributed by atoms with Crippen LogP contribution in [0.5, 0.6) is 11.5 Å². The second-order valence-corrected chi connectivity index (χ2v) is 5.36. The first-order valence-electron chi connectivity index (χ1n) is 5.37. The third kappa shape index (κ3) is 3.45. The van der Waals surface area contributed by atoms with Gasteiger partial charge in [-0.05, 0) is 23.8 Å². The van der Waals surface area contributed by atoms with Gasteiger partial charge in [0.05, 0.1) is 12.0 Å². The lowest BCUT2D eigenvalue weighted by Gasteiger charge is -2.10. The molecule has 0 aliphatic carbocycles. The molecule has 1 N–H and O–H groups in total. The molecule has 1 aliphatic heterocycles. The summed E-state index contributed by atoms with van der Waals surface area (Å²) in [4.78, 5) is 11.9. The van der Waals surface area contributed by atoms with E-state index in [9.17, 15) is 13.6 Å². The highest BCUT2D eigenvalue weighted by atomic mass is 32.2. The van der Waals surface area contributed by atoms with E-state index in [2.05, 4.69) is 10.1 Å². The van der Waals surface area contributed by atoms with Gasteiger partial charge in [-0.25, -0.2) is 0 Å². The lowest BCUT2D eigenvalue weighted by atomic mass is 10.2. The summed E-state index contributed by atoms with van der Waals surface area (Å²) in [5, 5.41) is 2.49. The molecule has 0 aromatic heterocycles. The van der Waals surface area contributed by atoms with Crippen molar-refractivity contribution in [3.8, 4) is 11.5 Å². The molecule has 1 heterocycles. The Labute approximate surface area is 123 Å². The van der Waals surface area contributed by atoms with Gasteiger partial charge >= 0.3 is 6.61 Å². The highest BCUT2D eigenvalue weighted by Gasteiger charge is 2.22. The molecular weight excluding hydrogens is 308 g/mol. The molecule has 0 unspecified atom stereocenters. The van der Waals surface area contributed by atoms with Crippen LogP contribution in [0.3, 0.4) is 0 Å². The van der Waals surface area contributed by atoms with Gasteiger partial charge in [-0.3, -0.25) is 4.79 Å². The quantitative estimate of drug-likeness (QED) is 0.683. The SMILES string of the molecule is COc1cc(/C=C2/SC(=S)NC2=O)ccc1OC(F)F. The Kier molecular flexibility index (Phi) is 4.56. The molecule has 0 spiro atoms. The summed E-state index contributed by atoms with van der Waals surface area (Å²) in [6, 6.07) is 4.40. The maximum atomic E-state index is 12.2. The number of carbonyl (C=O) groups excluding carboxylic acids is 1. The van der Waals surface area contributed by atoms with E-state index < -0.39 is 6.61 Å². The number of benzene rings is 1. The fourth-order valence-electron chi connectivity index (χ4n) is 1.54. The lowest BCUT2D eigenvalue weighted by Crippen LogP contribution is -2.17. The molecule has 1 saturated heterocycles. The fourth-order valence-corrected chi connectivity index (χ4v) is 2.58. The van der Waals surface area contributed by atoms with Crippen LogP contribution in [0, 0.1) is 0 Å². The predicted molar refractivity (Wildman–Crippen MR) is 75.9 cm³/mol. The molecule has 20 heavy (non-hydrogen) atoms. The van der Waals surface area contributed by atoms with Crippen LogP contribution in [-0.4, -0.2) is 23.9 Å². The summed E-state index contributed by atoms with van der Waals surface area (Å²) in [5.74, 6) is -0.193. The minimum absolute atomic E-state index is 0.0660. The third-order valence-corrected chi connectivity index (χ3v) is 3.51. The van der Waals surface area contributed by atoms with E-state index >= 15 is 0 Å². The van der Waals surface area contributed by atoms with Crippen molar-refractivity contribution in [3.05, 3.63) is 28.7 Å². The molecule has 0 bridgehead atoms. The number of amides is 1. The smallest absolute Gasteiger partial charge is 0.387 e. The molecule has 1 fully saturated rings. The van der Waals surface area contributed by atoms with E-state index in [4.69, 9.17) is 17.0 Å². The lowest BCUT2D eigenvalue weighted by molar-refractivity contribution is -0.115. The summed E-state index contributed by atoms with van der Waals surface area (Å²) < 4.78 is 34.1. The molecular formula is C12H9F2NO3S2. The molecule has 1 amide bonds. The molecule has 1 aromatic rings. The number of thiocarbonyl (C=S) groups is 1. The van der Waals surface area contributed by atoms with Crippen LogP contribution in [0.4, 0.5) is 8.78 Å². The number of carbonyl (C=O) groups is 1. The van der Waals surface area contributed by atoms with E-state index in [1.54, 1.807) is 12.1 Å². The number of hydrogen-bond donors (Lipinski definition) is 1. The largest absolute Gasteiger partial charge is 0.493 e. The molecule has 8 heteroatoms. The van der Waals surface area contributed by atoms with Crippen molar-refractivity contribution in [3.63, 3.8) is 0 Å². The summed E-state index contributed by atoms with van der Waals surface area (Å²) in [6.45, 7) is -2.93. The zero-order chi connectivity index (χ0) is 14.7. The highest BCUT2D eigenvalue weighted by Crippen LogP contribution is 2.32. The van der Waals surface area contributed by atoms with E-state index in [-0.39, 0.29) is 17.4 Å².